The van der Waals surface area contributed by atoms with Gasteiger partial charge in [-0.2, -0.15) is 5.26 Å². The monoisotopic (exact) mass is 365 g/mol. The van der Waals surface area contributed by atoms with Crippen molar-refractivity contribution < 1.29 is 0 Å². The Labute approximate surface area is 122 Å². The molecule has 1 aromatic heterocycles. The molecule has 0 atom stereocenters. The first-order valence-electron chi connectivity index (χ1n) is 5.20. The van der Waals surface area contributed by atoms with Crippen molar-refractivity contribution in [1.29, 1.82) is 5.26 Å². The van der Waals surface area contributed by atoms with E-state index >= 15 is 0 Å². The van der Waals surface area contributed by atoms with E-state index in [-0.39, 0.29) is 0 Å². The van der Waals surface area contributed by atoms with Gasteiger partial charge in [0.1, 0.15) is 11.9 Å². The summed E-state index contributed by atoms with van der Waals surface area (Å²) in [6, 6.07) is 11.5. The molecule has 0 aliphatic heterocycles. The van der Waals surface area contributed by atoms with Gasteiger partial charge >= 0.3 is 0 Å². The van der Waals surface area contributed by atoms with Crippen molar-refractivity contribution in [3.63, 3.8) is 0 Å². The zero-order valence-electron chi connectivity index (χ0n) is 9.54. The maximum atomic E-state index is 9.05. The lowest BCUT2D eigenvalue weighted by Gasteiger charge is -2.10. The minimum absolute atomic E-state index is 0.524. The molecule has 3 nitrogen and oxygen atoms in total. The summed E-state index contributed by atoms with van der Waals surface area (Å²) in [7, 11) is 0. The van der Waals surface area contributed by atoms with Crippen molar-refractivity contribution in [3.05, 3.63) is 50.5 Å². The van der Waals surface area contributed by atoms with Crippen molar-refractivity contribution >= 4 is 43.4 Å². The Morgan fingerprint density at radius 1 is 1.22 bits per heavy atom. The maximum Gasteiger partial charge on any atom is 0.148 e. The fraction of sp³-hybridized carbons (Fsp3) is 0.0769. The average molecular weight is 367 g/mol. The van der Waals surface area contributed by atoms with Gasteiger partial charge in [0.05, 0.1) is 11.3 Å². The van der Waals surface area contributed by atoms with Crippen LogP contribution in [-0.2, 0) is 0 Å². The van der Waals surface area contributed by atoms with Crippen LogP contribution in [-0.4, -0.2) is 4.98 Å². The largest absolute Gasteiger partial charge is 0.338 e. The standard InChI is InChI=1S/C13H9Br2N3/c1-8-2-3-9(7-16)13(17-8)18-12-5-4-10(14)6-11(12)15/h2-6H,1H3,(H,17,18). The third-order valence-electron chi connectivity index (χ3n) is 2.34. The number of nitrogens with one attached hydrogen (secondary N) is 1. The number of pyridine rings is 1. The fourth-order valence-corrected chi connectivity index (χ4v) is 2.61. The predicted molar refractivity (Wildman–Crippen MR) is 78.8 cm³/mol. The van der Waals surface area contributed by atoms with Gasteiger partial charge in [0.2, 0.25) is 0 Å². The molecule has 1 N–H and O–H groups in total. The van der Waals surface area contributed by atoms with Crippen molar-refractivity contribution in [2.45, 2.75) is 6.92 Å². The number of anilines is 2. The number of halogens is 2. The average Bonchev–Trinajstić information content (AvgIpc) is 2.33. The third kappa shape index (κ3) is 2.89. The summed E-state index contributed by atoms with van der Waals surface area (Å²) in [4.78, 5) is 4.34. The molecule has 5 heteroatoms. The molecular weight excluding hydrogens is 358 g/mol. The molecule has 1 heterocycles. The molecule has 0 aliphatic carbocycles. The Morgan fingerprint density at radius 2 is 2.00 bits per heavy atom. The SMILES string of the molecule is Cc1ccc(C#N)c(Nc2ccc(Br)cc2Br)n1. The highest BCUT2D eigenvalue weighted by molar-refractivity contribution is 9.11. The van der Waals surface area contributed by atoms with Crippen molar-refractivity contribution in [2.24, 2.45) is 0 Å². The minimum Gasteiger partial charge on any atom is -0.338 e. The third-order valence-corrected chi connectivity index (χ3v) is 3.49. The highest BCUT2D eigenvalue weighted by Gasteiger charge is 2.07. The van der Waals surface area contributed by atoms with E-state index in [0.29, 0.717) is 11.4 Å². The number of hydrogen-bond acceptors (Lipinski definition) is 3. The molecule has 2 aromatic rings. The summed E-state index contributed by atoms with van der Waals surface area (Å²) < 4.78 is 1.89. The van der Waals surface area contributed by atoms with Crippen LogP contribution in [0.3, 0.4) is 0 Å². The Hall–Kier alpha value is -1.38. The smallest absolute Gasteiger partial charge is 0.148 e. The molecule has 2 rings (SSSR count). The zero-order valence-corrected chi connectivity index (χ0v) is 12.7. The highest BCUT2D eigenvalue weighted by Crippen LogP contribution is 2.29. The number of nitriles is 1. The van der Waals surface area contributed by atoms with E-state index in [1.54, 1.807) is 6.07 Å². The maximum absolute atomic E-state index is 9.05. The number of aryl methyl sites for hydroxylation is 1. The van der Waals surface area contributed by atoms with E-state index in [1.165, 1.54) is 0 Å². The van der Waals surface area contributed by atoms with E-state index in [9.17, 15) is 0 Å². The van der Waals surface area contributed by atoms with Gasteiger partial charge in [-0.05, 0) is 53.2 Å². The van der Waals surface area contributed by atoms with Gasteiger partial charge in [0.25, 0.3) is 0 Å². The molecule has 0 saturated carbocycles. The lowest BCUT2D eigenvalue weighted by atomic mass is 10.2. The van der Waals surface area contributed by atoms with Crippen LogP contribution in [0.5, 0.6) is 0 Å². The predicted octanol–water partition coefficient (Wildman–Crippen LogP) is 4.53. The molecule has 0 fully saturated rings. The molecule has 0 bridgehead atoms. The summed E-state index contributed by atoms with van der Waals surface area (Å²) in [6.07, 6.45) is 0. The second-order valence-electron chi connectivity index (χ2n) is 3.71. The molecule has 0 unspecified atom stereocenters. The van der Waals surface area contributed by atoms with Crippen LogP contribution in [0.25, 0.3) is 0 Å². The molecule has 1 aromatic carbocycles. The Balaban J connectivity index is 2.40. The summed E-state index contributed by atoms with van der Waals surface area (Å²) in [5, 5.41) is 12.2. The highest BCUT2D eigenvalue weighted by atomic mass is 79.9. The van der Waals surface area contributed by atoms with Crippen molar-refractivity contribution in [1.82, 2.24) is 4.98 Å². The van der Waals surface area contributed by atoms with Crippen LogP contribution in [0, 0.1) is 18.3 Å². The summed E-state index contributed by atoms with van der Waals surface area (Å²) in [5.41, 5.74) is 2.26. The number of benzene rings is 1. The van der Waals surface area contributed by atoms with Gasteiger partial charge in [-0.25, -0.2) is 4.98 Å². The lowest BCUT2D eigenvalue weighted by molar-refractivity contribution is 1.19. The van der Waals surface area contributed by atoms with E-state index in [1.807, 2.05) is 31.2 Å². The summed E-state index contributed by atoms with van der Waals surface area (Å²) in [5.74, 6) is 0.570. The van der Waals surface area contributed by atoms with Gasteiger partial charge in [-0.15, -0.1) is 0 Å². The molecular formula is C13H9Br2N3. The first kappa shape index (κ1) is 13.1. The zero-order chi connectivity index (χ0) is 13.1. The van der Waals surface area contributed by atoms with Crippen LogP contribution in [0.1, 0.15) is 11.3 Å². The van der Waals surface area contributed by atoms with Crippen LogP contribution in [0.2, 0.25) is 0 Å². The lowest BCUT2D eigenvalue weighted by Crippen LogP contribution is -1.98. The van der Waals surface area contributed by atoms with Crippen LogP contribution in [0.4, 0.5) is 11.5 Å². The van der Waals surface area contributed by atoms with Crippen molar-refractivity contribution in [2.75, 3.05) is 5.32 Å². The van der Waals surface area contributed by atoms with Gasteiger partial charge in [-0.1, -0.05) is 15.9 Å². The number of aromatic nitrogens is 1. The first-order chi connectivity index (χ1) is 8.60. The summed E-state index contributed by atoms with van der Waals surface area (Å²) in [6.45, 7) is 1.89. The number of hydrogen-bond donors (Lipinski definition) is 1. The second-order valence-corrected chi connectivity index (χ2v) is 5.48. The quantitative estimate of drug-likeness (QED) is 0.849. The van der Waals surface area contributed by atoms with Crippen LogP contribution < -0.4 is 5.32 Å². The molecule has 0 saturated heterocycles. The van der Waals surface area contributed by atoms with E-state index in [0.717, 1.165) is 20.3 Å². The second kappa shape index (κ2) is 5.51. The topological polar surface area (TPSA) is 48.7 Å². The molecule has 18 heavy (non-hydrogen) atoms. The molecule has 0 spiro atoms. The molecule has 0 amide bonds. The van der Waals surface area contributed by atoms with Gasteiger partial charge in [0.15, 0.2) is 0 Å². The normalized spacial score (nSPS) is 9.89. The van der Waals surface area contributed by atoms with E-state index < -0.39 is 0 Å². The number of rotatable bonds is 2. The van der Waals surface area contributed by atoms with Gasteiger partial charge in [-0.3, -0.25) is 0 Å². The minimum atomic E-state index is 0.524. The summed E-state index contributed by atoms with van der Waals surface area (Å²) >= 11 is 6.86. The van der Waals surface area contributed by atoms with Gasteiger partial charge in [0, 0.05) is 14.6 Å². The first-order valence-corrected chi connectivity index (χ1v) is 6.78. The fourth-order valence-electron chi connectivity index (χ4n) is 1.46. The van der Waals surface area contributed by atoms with Gasteiger partial charge < -0.3 is 5.32 Å². The Morgan fingerprint density at radius 3 is 2.67 bits per heavy atom. The Kier molecular flexibility index (Phi) is 4.00. The molecule has 0 radical (unpaired) electrons. The molecule has 90 valence electrons. The number of nitrogens with zero attached hydrogens (tertiary/aromatic N) is 2. The Bertz CT molecular complexity index is 633. The van der Waals surface area contributed by atoms with Crippen molar-refractivity contribution in [3.8, 4) is 6.07 Å². The molecule has 0 aliphatic rings. The van der Waals surface area contributed by atoms with Crippen LogP contribution >= 0.6 is 31.9 Å². The van der Waals surface area contributed by atoms with Crippen LogP contribution in [0.15, 0.2) is 39.3 Å². The van der Waals surface area contributed by atoms with E-state index in [2.05, 4.69) is 48.2 Å². The van der Waals surface area contributed by atoms with E-state index in [4.69, 9.17) is 5.26 Å².